The average molecular weight is 166 g/mol. The Morgan fingerprint density at radius 3 is 2.75 bits per heavy atom. The van der Waals surface area contributed by atoms with Crippen LogP contribution in [0.5, 0.6) is 0 Å². The minimum atomic E-state index is -0.289. The maximum absolute atomic E-state index is 10.9. The molecule has 3 N–H and O–H groups in total. The molecular formula is C8H10N2O2. The van der Waals surface area contributed by atoms with Crippen LogP contribution in [0.3, 0.4) is 0 Å². The monoisotopic (exact) mass is 166 g/mol. The summed E-state index contributed by atoms with van der Waals surface area (Å²) in [5.41, 5.74) is 6.00. The summed E-state index contributed by atoms with van der Waals surface area (Å²) in [6, 6.07) is 2.85. The third kappa shape index (κ3) is 1.79. The van der Waals surface area contributed by atoms with Crippen LogP contribution >= 0.6 is 0 Å². The second kappa shape index (κ2) is 3.32. The fourth-order valence-corrected chi connectivity index (χ4v) is 0.914. The molecule has 0 aliphatic heterocycles. The largest absolute Gasteiger partial charge is 0.325 e. The van der Waals surface area contributed by atoms with Gasteiger partial charge in [0, 0.05) is 23.9 Å². The molecule has 1 aromatic heterocycles. The van der Waals surface area contributed by atoms with Crippen molar-refractivity contribution in [2.24, 2.45) is 5.73 Å². The van der Waals surface area contributed by atoms with Gasteiger partial charge in [0.15, 0.2) is 5.78 Å². The zero-order valence-corrected chi connectivity index (χ0v) is 6.76. The molecule has 0 unspecified atom stereocenters. The quantitative estimate of drug-likeness (QED) is 0.609. The number of hydrogen-bond acceptors (Lipinski definition) is 3. The maximum Gasteiger partial charge on any atom is 0.248 e. The van der Waals surface area contributed by atoms with Gasteiger partial charge in [-0.3, -0.25) is 9.59 Å². The number of pyridine rings is 1. The van der Waals surface area contributed by atoms with E-state index in [0.717, 1.165) is 0 Å². The van der Waals surface area contributed by atoms with Crippen molar-refractivity contribution in [3.63, 3.8) is 0 Å². The lowest BCUT2D eigenvalue weighted by Crippen LogP contribution is -2.13. The molecule has 1 rings (SSSR count). The number of carbonyl (C=O) groups excluding carboxylic acids is 1. The number of aromatic nitrogens is 1. The minimum absolute atomic E-state index is 0.129. The van der Waals surface area contributed by atoms with E-state index in [-0.39, 0.29) is 17.9 Å². The fourth-order valence-electron chi connectivity index (χ4n) is 0.914. The molecule has 4 nitrogen and oxygen atoms in total. The summed E-state index contributed by atoms with van der Waals surface area (Å²) in [4.78, 5) is 24.3. The molecule has 0 fully saturated rings. The zero-order valence-electron chi connectivity index (χ0n) is 6.76. The molecule has 0 atom stereocenters. The normalized spacial score (nSPS) is 9.83. The van der Waals surface area contributed by atoms with Crippen molar-refractivity contribution in [2.75, 3.05) is 0 Å². The summed E-state index contributed by atoms with van der Waals surface area (Å²) >= 11 is 0. The molecule has 4 heteroatoms. The number of nitrogens with one attached hydrogen (secondary N) is 1. The Morgan fingerprint density at radius 2 is 2.25 bits per heavy atom. The molecule has 1 aromatic rings. The summed E-state index contributed by atoms with van der Waals surface area (Å²) in [6.45, 7) is 1.64. The van der Waals surface area contributed by atoms with Gasteiger partial charge in [0.1, 0.15) is 0 Å². The van der Waals surface area contributed by atoms with Crippen molar-refractivity contribution in [2.45, 2.75) is 13.5 Å². The third-order valence-electron chi connectivity index (χ3n) is 1.53. The molecule has 0 spiro atoms. The van der Waals surface area contributed by atoms with Crippen LogP contribution in [-0.4, -0.2) is 10.8 Å². The fraction of sp³-hybridized carbons (Fsp3) is 0.250. The Hall–Kier alpha value is -1.42. The van der Waals surface area contributed by atoms with Crippen molar-refractivity contribution < 1.29 is 4.79 Å². The van der Waals surface area contributed by atoms with Gasteiger partial charge in [-0.05, 0) is 13.0 Å². The molecule has 1 heterocycles. The van der Waals surface area contributed by atoms with Crippen LogP contribution in [0.4, 0.5) is 0 Å². The number of ketones is 1. The minimum Gasteiger partial charge on any atom is -0.325 e. The van der Waals surface area contributed by atoms with Crippen LogP contribution < -0.4 is 11.3 Å². The Balaban J connectivity index is 3.24. The highest BCUT2D eigenvalue weighted by molar-refractivity contribution is 5.93. The molecule has 0 saturated carbocycles. The van der Waals surface area contributed by atoms with E-state index in [9.17, 15) is 9.59 Å². The van der Waals surface area contributed by atoms with Gasteiger partial charge in [-0.2, -0.15) is 0 Å². The Kier molecular flexibility index (Phi) is 2.40. The van der Waals surface area contributed by atoms with Gasteiger partial charge >= 0.3 is 0 Å². The van der Waals surface area contributed by atoms with Crippen LogP contribution in [0.1, 0.15) is 23.0 Å². The summed E-state index contributed by atoms with van der Waals surface area (Å²) in [6.07, 6.45) is 0. The Bertz CT molecular complexity index is 354. The number of Topliss-reactive ketones (excluding diaryl/α,β-unsaturated/α-hetero) is 1. The second-order valence-corrected chi connectivity index (χ2v) is 2.52. The highest BCUT2D eigenvalue weighted by atomic mass is 16.1. The Labute approximate surface area is 69.4 Å². The van der Waals surface area contributed by atoms with E-state index in [1.54, 1.807) is 6.07 Å². The molecule has 0 amide bonds. The highest BCUT2D eigenvalue weighted by Crippen LogP contribution is 1.98. The van der Waals surface area contributed by atoms with Gasteiger partial charge in [0.25, 0.3) is 0 Å². The lowest BCUT2D eigenvalue weighted by atomic mass is 10.1. The lowest BCUT2D eigenvalue weighted by molar-refractivity contribution is 0.101. The molecular weight excluding hydrogens is 156 g/mol. The van der Waals surface area contributed by atoms with Gasteiger partial charge in [-0.1, -0.05) is 0 Å². The van der Waals surface area contributed by atoms with Crippen molar-refractivity contribution >= 4 is 5.78 Å². The highest BCUT2D eigenvalue weighted by Gasteiger charge is 2.01. The number of H-pyrrole nitrogens is 1. The van der Waals surface area contributed by atoms with Crippen LogP contribution in [0.2, 0.25) is 0 Å². The molecule has 0 saturated heterocycles. The summed E-state index contributed by atoms with van der Waals surface area (Å²) in [7, 11) is 0. The molecule has 64 valence electrons. The summed E-state index contributed by atoms with van der Waals surface area (Å²) in [5.74, 6) is -0.129. The number of nitrogens with two attached hydrogens (primary N) is 1. The van der Waals surface area contributed by atoms with Crippen LogP contribution in [0.25, 0.3) is 0 Å². The maximum atomic E-state index is 10.9. The van der Waals surface area contributed by atoms with Gasteiger partial charge in [-0.25, -0.2) is 0 Å². The number of rotatable bonds is 2. The molecule has 0 bridgehead atoms. The first kappa shape index (κ1) is 8.67. The van der Waals surface area contributed by atoms with Crippen molar-refractivity contribution in [1.29, 1.82) is 0 Å². The summed E-state index contributed by atoms with van der Waals surface area (Å²) < 4.78 is 0. The average Bonchev–Trinajstić information content (AvgIpc) is 2.03. The van der Waals surface area contributed by atoms with E-state index < -0.39 is 0 Å². The summed E-state index contributed by atoms with van der Waals surface area (Å²) in [5, 5.41) is 0. The second-order valence-electron chi connectivity index (χ2n) is 2.52. The van der Waals surface area contributed by atoms with Crippen molar-refractivity contribution in [1.82, 2.24) is 4.98 Å². The van der Waals surface area contributed by atoms with Crippen molar-refractivity contribution in [3.8, 4) is 0 Å². The SMILES string of the molecule is CC(=O)c1cc(CN)[nH]c(=O)c1. The third-order valence-corrected chi connectivity index (χ3v) is 1.53. The van der Waals surface area contributed by atoms with Crippen LogP contribution in [0, 0.1) is 0 Å². The molecule has 12 heavy (non-hydrogen) atoms. The van der Waals surface area contributed by atoms with Crippen molar-refractivity contribution in [3.05, 3.63) is 33.7 Å². The number of aromatic amines is 1. The van der Waals surface area contributed by atoms with Crippen LogP contribution in [-0.2, 0) is 6.54 Å². The first-order valence-corrected chi connectivity index (χ1v) is 3.57. The molecule has 0 radical (unpaired) electrons. The Morgan fingerprint density at radius 1 is 1.58 bits per heavy atom. The molecule has 0 aromatic carbocycles. The number of carbonyl (C=O) groups is 1. The van der Waals surface area contributed by atoms with Crippen LogP contribution in [0.15, 0.2) is 16.9 Å². The molecule has 0 aliphatic carbocycles. The predicted octanol–water partition coefficient (Wildman–Crippen LogP) is 0.0362. The van der Waals surface area contributed by atoms with E-state index in [4.69, 9.17) is 5.73 Å². The molecule has 0 aliphatic rings. The van der Waals surface area contributed by atoms with Gasteiger partial charge < -0.3 is 10.7 Å². The zero-order chi connectivity index (χ0) is 9.14. The van der Waals surface area contributed by atoms with Gasteiger partial charge in [0.05, 0.1) is 0 Å². The predicted molar refractivity (Wildman–Crippen MR) is 45.0 cm³/mol. The van der Waals surface area contributed by atoms with E-state index in [1.165, 1.54) is 13.0 Å². The topological polar surface area (TPSA) is 76.0 Å². The van der Waals surface area contributed by atoms with E-state index >= 15 is 0 Å². The lowest BCUT2D eigenvalue weighted by Gasteiger charge is -1.98. The van der Waals surface area contributed by atoms with Gasteiger partial charge in [0.2, 0.25) is 5.56 Å². The van der Waals surface area contributed by atoms with Gasteiger partial charge in [-0.15, -0.1) is 0 Å². The van der Waals surface area contributed by atoms with E-state index in [1.807, 2.05) is 0 Å². The number of hydrogen-bond donors (Lipinski definition) is 2. The standard InChI is InChI=1S/C8H10N2O2/c1-5(11)6-2-7(4-9)10-8(12)3-6/h2-3H,4,9H2,1H3,(H,10,12). The smallest absolute Gasteiger partial charge is 0.248 e. The van der Waals surface area contributed by atoms with E-state index in [2.05, 4.69) is 4.98 Å². The van der Waals surface area contributed by atoms with E-state index in [0.29, 0.717) is 11.3 Å². The first-order valence-electron chi connectivity index (χ1n) is 3.57. The first-order chi connectivity index (χ1) is 5.63.